The average Bonchev–Trinajstić information content (AvgIpc) is 2.14. The minimum Gasteiger partial charge on any atom is -0.383 e. The molecule has 0 heterocycles. The lowest BCUT2D eigenvalue weighted by molar-refractivity contribution is 0.00333. The molecule has 1 aromatic carbocycles. The maximum atomic E-state index is 5.60. The largest absolute Gasteiger partial charge is 0.383 e. The van der Waals surface area contributed by atoms with Crippen LogP contribution in [0.15, 0.2) is 28.7 Å². The van der Waals surface area contributed by atoms with Gasteiger partial charge in [0, 0.05) is 16.7 Å². The molecule has 0 spiro atoms. The molecule has 0 saturated carbocycles. The first-order valence-corrected chi connectivity index (χ1v) is 5.90. The van der Waals surface area contributed by atoms with Crippen molar-refractivity contribution < 1.29 is 4.74 Å². The molecule has 15 heavy (non-hydrogen) atoms. The van der Waals surface area contributed by atoms with Gasteiger partial charge in [0.2, 0.25) is 0 Å². The van der Waals surface area contributed by atoms with Crippen LogP contribution in [-0.4, -0.2) is 18.8 Å². The molecule has 0 bridgehead atoms. The second-order valence-electron chi connectivity index (χ2n) is 4.39. The summed E-state index contributed by atoms with van der Waals surface area (Å²) in [4.78, 5) is 0. The highest BCUT2D eigenvalue weighted by molar-refractivity contribution is 9.10. The third-order valence-electron chi connectivity index (χ3n) is 1.81. The molecule has 84 valence electrons. The third-order valence-corrected chi connectivity index (χ3v) is 2.34. The first-order valence-electron chi connectivity index (χ1n) is 5.11. The second kappa shape index (κ2) is 5.52. The van der Waals surface area contributed by atoms with Crippen LogP contribution in [0.25, 0.3) is 0 Å². The molecular weight excluding hydrogens is 254 g/mol. The van der Waals surface area contributed by atoms with Crippen LogP contribution < -0.4 is 5.32 Å². The monoisotopic (exact) mass is 271 g/mol. The first-order chi connectivity index (χ1) is 6.97. The molecule has 1 rings (SSSR count). The number of rotatable bonds is 4. The number of ether oxygens (including phenoxy) is 1. The Hall–Kier alpha value is -0.540. The van der Waals surface area contributed by atoms with Gasteiger partial charge in [0.15, 0.2) is 0 Å². The van der Waals surface area contributed by atoms with Crippen molar-refractivity contribution in [2.75, 3.05) is 18.5 Å². The molecule has 1 aromatic rings. The molecular formula is C12H18BrNO. The van der Waals surface area contributed by atoms with Crippen LogP contribution in [0.3, 0.4) is 0 Å². The minimum absolute atomic E-state index is 0.0542. The molecule has 0 aromatic heterocycles. The smallest absolute Gasteiger partial charge is 0.0646 e. The highest BCUT2D eigenvalue weighted by Crippen LogP contribution is 2.14. The summed E-state index contributed by atoms with van der Waals surface area (Å²) in [7, 11) is 0. The van der Waals surface area contributed by atoms with E-state index in [-0.39, 0.29) is 5.60 Å². The van der Waals surface area contributed by atoms with Crippen molar-refractivity contribution in [3.8, 4) is 0 Å². The summed E-state index contributed by atoms with van der Waals surface area (Å²) < 4.78 is 6.70. The Morgan fingerprint density at radius 2 is 1.80 bits per heavy atom. The standard InChI is InChI=1S/C12H18BrNO/c1-12(2,3)15-9-8-14-11-6-4-10(13)5-7-11/h4-7,14H,8-9H2,1-3H3. The van der Waals surface area contributed by atoms with Crippen molar-refractivity contribution >= 4 is 21.6 Å². The van der Waals surface area contributed by atoms with Crippen LogP contribution >= 0.6 is 15.9 Å². The Morgan fingerprint density at radius 1 is 1.20 bits per heavy atom. The van der Waals surface area contributed by atoms with Gasteiger partial charge in [-0.3, -0.25) is 0 Å². The van der Waals surface area contributed by atoms with Gasteiger partial charge in [0.1, 0.15) is 0 Å². The maximum absolute atomic E-state index is 5.60. The zero-order valence-corrected chi connectivity index (χ0v) is 11.1. The Kier molecular flexibility index (Phi) is 4.61. The molecule has 0 aliphatic heterocycles. The van der Waals surface area contributed by atoms with Gasteiger partial charge >= 0.3 is 0 Å². The summed E-state index contributed by atoms with van der Waals surface area (Å²) in [6.45, 7) is 7.74. The van der Waals surface area contributed by atoms with Crippen molar-refractivity contribution in [2.24, 2.45) is 0 Å². The lowest BCUT2D eigenvalue weighted by Crippen LogP contribution is -2.23. The SMILES string of the molecule is CC(C)(C)OCCNc1ccc(Br)cc1. The van der Waals surface area contributed by atoms with E-state index in [2.05, 4.69) is 42.0 Å². The Balaban J connectivity index is 2.23. The van der Waals surface area contributed by atoms with E-state index in [1.807, 2.05) is 24.3 Å². The van der Waals surface area contributed by atoms with Crippen molar-refractivity contribution in [3.05, 3.63) is 28.7 Å². The first kappa shape index (κ1) is 12.5. The molecule has 0 aliphatic carbocycles. The van der Waals surface area contributed by atoms with Gasteiger partial charge < -0.3 is 10.1 Å². The maximum Gasteiger partial charge on any atom is 0.0646 e. The molecule has 0 amide bonds. The highest BCUT2D eigenvalue weighted by atomic mass is 79.9. The number of halogens is 1. The number of nitrogens with one attached hydrogen (secondary N) is 1. The van der Waals surface area contributed by atoms with Crippen molar-refractivity contribution in [1.82, 2.24) is 0 Å². The van der Waals surface area contributed by atoms with Gasteiger partial charge in [-0.2, -0.15) is 0 Å². The lowest BCUT2D eigenvalue weighted by atomic mass is 10.2. The number of hydrogen-bond acceptors (Lipinski definition) is 2. The van der Waals surface area contributed by atoms with Crippen LogP contribution in [0.4, 0.5) is 5.69 Å². The summed E-state index contributed by atoms with van der Waals surface area (Å²) in [5.41, 5.74) is 1.07. The predicted octanol–water partition coefficient (Wildman–Crippen LogP) is 3.68. The minimum atomic E-state index is -0.0542. The number of anilines is 1. The van der Waals surface area contributed by atoms with E-state index >= 15 is 0 Å². The molecule has 0 unspecified atom stereocenters. The molecule has 1 N–H and O–H groups in total. The zero-order chi connectivity index (χ0) is 11.3. The van der Waals surface area contributed by atoms with Gasteiger partial charge in [-0.25, -0.2) is 0 Å². The number of benzene rings is 1. The van der Waals surface area contributed by atoms with Crippen molar-refractivity contribution in [3.63, 3.8) is 0 Å². The van der Waals surface area contributed by atoms with Gasteiger partial charge in [-0.1, -0.05) is 15.9 Å². The highest BCUT2D eigenvalue weighted by Gasteiger charge is 2.08. The third kappa shape index (κ3) is 5.80. The molecule has 0 fully saturated rings. The molecule has 3 heteroatoms. The van der Waals surface area contributed by atoms with Gasteiger partial charge in [-0.15, -0.1) is 0 Å². The van der Waals surface area contributed by atoms with Gasteiger partial charge in [-0.05, 0) is 45.0 Å². The molecule has 0 saturated heterocycles. The van der Waals surface area contributed by atoms with E-state index in [0.29, 0.717) is 0 Å². The van der Waals surface area contributed by atoms with Crippen LogP contribution in [-0.2, 0) is 4.74 Å². The van der Waals surface area contributed by atoms with Crippen LogP contribution in [0.1, 0.15) is 20.8 Å². The summed E-state index contributed by atoms with van der Waals surface area (Å²) >= 11 is 3.40. The van der Waals surface area contributed by atoms with Crippen LogP contribution in [0, 0.1) is 0 Å². The van der Waals surface area contributed by atoms with E-state index in [9.17, 15) is 0 Å². The molecule has 0 aliphatic rings. The predicted molar refractivity (Wildman–Crippen MR) is 68.3 cm³/mol. The summed E-state index contributed by atoms with van der Waals surface area (Å²) in [6, 6.07) is 8.13. The zero-order valence-electron chi connectivity index (χ0n) is 9.51. The molecule has 0 radical (unpaired) electrons. The number of hydrogen-bond donors (Lipinski definition) is 1. The fourth-order valence-electron chi connectivity index (χ4n) is 1.12. The van der Waals surface area contributed by atoms with Crippen molar-refractivity contribution in [2.45, 2.75) is 26.4 Å². The summed E-state index contributed by atoms with van der Waals surface area (Å²) in [6.07, 6.45) is 0. The van der Waals surface area contributed by atoms with E-state index in [1.54, 1.807) is 0 Å². The Morgan fingerprint density at radius 3 is 2.33 bits per heavy atom. The van der Waals surface area contributed by atoms with Gasteiger partial charge in [0.05, 0.1) is 12.2 Å². The topological polar surface area (TPSA) is 21.3 Å². The molecule has 0 atom stereocenters. The van der Waals surface area contributed by atoms with E-state index in [0.717, 1.165) is 23.3 Å². The van der Waals surface area contributed by atoms with Crippen molar-refractivity contribution in [1.29, 1.82) is 0 Å². The lowest BCUT2D eigenvalue weighted by Gasteiger charge is -2.19. The van der Waals surface area contributed by atoms with E-state index < -0.39 is 0 Å². The van der Waals surface area contributed by atoms with Crippen LogP contribution in [0.5, 0.6) is 0 Å². The Bertz CT molecular complexity index is 289. The normalized spacial score (nSPS) is 11.5. The van der Waals surface area contributed by atoms with Crippen LogP contribution in [0.2, 0.25) is 0 Å². The van der Waals surface area contributed by atoms with Gasteiger partial charge in [0.25, 0.3) is 0 Å². The summed E-state index contributed by atoms with van der Waals surface area (Å²) in [5, 5.41) is 3.30. The average molecular weight is 272 g/mol. The van der Waals surface area contributed by atoms with E-state index in [4.69, 9.17) is 4.74 Å². The second-order valence-corrected chi connectivity index (χ2v) is 5.31. The molecule has 2 nitrogen and oxygen atoms in total. The fourth-order valence-corrected chi connectivity index (χ4v) is 1.38. The Labute approximate surface area is 100 Å². The quantitative estimate of drug-likeness (QED) is 0.844. The summed E-state index contributed by atoms with van der Waals surface area (Å²) in [5.74, 6) is 0. The van der Waals surface area contributed by atoms with E-state index in [1.165, 1.54) is 0 Å². The fraction of sp³-hybridized carbons (Fsp3) is 0.500.